The molecule has 0 radical (unpaired) electrons. The van der Waals surface area contributed by atoms with Gasteiger partial charge in [0, 0.05) is 18.5 Å². The Bertz CT molecular complexity index is 922. The van der Waals surface area contributed by atoms with Gasteiger partial charge < -0.3 is 10.2 Å². The van der Waals surface area contributed by atoms with E-state index >= 15 is 0 Å². The molecule has 0 bridgehead atoms. The molecule has 0 aromatic carbocycles. The first-order valence-corrected chi connectivity index (χ1v) is 8.95. The van der Waals surface area contributed by atoms with Gasteiger partial charge in [0.1, 0.15) is 17.3 Å². The van der Waals surface area contributed by atoms with Gasteiger partial charge in [-0.15, -0.1) is 11.3 Å². The Hall–Kier alpha value is -1.33. The molecule has 2 atom stereocenters. The highest BCUT2D eigenvalue weighted by Crippen LogP contribution is 2.45. The third-order valence-electron chi connectivity index (χ3n) is 5.15. The Balaban J connectivity index is 1.81. The number of aromatic nitrogens is 1. The van der Waals surface area contributed by atoms with Crippen molar-refractivity contribution in [2.75, 3.05) is 19.8 Å². The van der Waals surface area contributed by atoms with Crippen LogP contribution in [0.5, 0.6) is 0 Å². The normalized spacial score (nSPS) is 25.8. The molecule has 1 saturated carbocycles. The van der Waals surface area contributed by atoms with Gasteiger partial charge in [0.15, 0.2) is 0 Å². The second-order valence-corrected chi connectivity index (χ2v) is 7.98. The lowest BCUT2D eigenvalue weighted by Crippen LogP contribution is -2.42. The average molecular weight is 333 g/mol. The number of piperidine rings is 1. The predicted molar refractivity (Wildman–Crippen MR) is 89.5 cm³/mol. The van der Waals surface area contributed by atoms with Crippen LogP contribution in [0.25, 0.3) is 16.0 Å². The third kappa shape index (κ3) is 1.69. The number of rotatable bonds is 1. The van der Waals surface area contributed by atoms with Crippen molar-refractivity contribution in [3.8, 4) is 0 Å². The van der Waals surface area contributed by atoms with Gasteiger partial charge >= 0.3 is 0 Å². The van der Waals surface area contributed by atoms with Gasteiger partial charge in [-0.2, -0.15) is 0 Å². The maximum Gasteiger partial charge on any atom is 0.126 e. The summed E-state index contributed by atoms with van der Waals surface area (Å²) in [5.41, 5.74) is 2.01. The molecule has 22 heavy (non-hydrogen) atoms. The number of fused-ring (bicyclic) bond motifs is 4. The van der Waals surface area contributed by atoms with Crippen molar-refractivity contribution >= 4 is 39.0 Å². The lowest BCUT2D eigenvalue weighted by molar-refractivity contribution is 0.410. The molecule has 4 heterocycles. The van der Waals surface area contributed by atoms with Crippen LogP contribution in [-0.2, 0) is 0 Å². The van der Waals surface area contributed by atoms with Gasteiger partial charge in [0.05, 0.1) is 20.6 Å². The number of thiophene rings is 1. The zero-order valence-corrected chi connectivity index (χ0v) is 14.2. The highest BCUT2D eigenvalue weighted by molar-refractivity contribution is 7.16. The summed E-state index contributed by atoms with van der Waals surface area (Å²) in [5, 5.41) is 6.49. The van der Waals surface area contributed by atoms with Crippen LogP contribution < -0.4 is 15.2 Å². The maximum absolute atomic E-state index is 6.41. The molecule has 1 aliphatic carbocycles. The van der Waals surface area contributed by atoms with Crippen LogP contribution in [0.15, 0.2) is 4.99 Å². The zero-order valence-electron chi connectivity index (χ0n) is 12.6. The van der Waals surface area contributed by atoms with Crippen molar-refractivity contribution in [3.05, 3.63) is 26.2 Å². The first kappa shape index (κ1) is 13.1. The highest BCUT2D eigenvalue weighted by atomic mass is 35.5. The Morgan fingerprint density at radius 1 is 1.27 bits per heavy atom. The quantitative estimate of drug-likeness (QED) is 0.865. The summed E-state index contributed by atoms with van der Waals surface area (Å²) in [4.78, 5) is 13.0. The molecular weight excluding hydrogens is 316 g/mol. The number of nitrogens with one attached hydrogen (secondary N) is 1. The van der Waals surface area contributed by atoms with Crippen LogP contribution in [0.3, 0.4) is 0 Å². The smallest absolute Gasteiger partial charge is 0.126 e. The molecule has 2 unspecified atom stereocenters. The van der Waals surface area contributed by atoms with Crippen LogP contribution in [0.2, 0.25) is 5.02 Å². The summed E-state index contributed by atoms with van der Waals surface area (Å²) in [6.07, 6.45) is 1.42. The summed E-state index contributed by atoms with van der Waals surface area (Å²) in [5.74, 6) is 3.10. The molecule has 0 spiro atoms. The molecule has 6 heteroatoms. The second-order valence-electron chi connectivity index (χ2n) is 6.60. The van der Waals surface area contributed by atoms with Crippen LogP contribution >= 0.6 is 22.9 Å². The lowest BCUT2D eigenvalue weighted by atomic mass is 10.1. The molecule has 5 rings (SSSR count). The molecule has 2 fully saturated rings. The van der Waals surface area contributed by atoms with Crippen molar-refractivity contribution in [3.63, 3.8) is 0 Å². The first-order valence-electron chi connectivity index (χ1n) is 7.76. The number of hydrogen-bond donors (Lipinski definition) is 1. The van der Waals surface area contributed by atoms with Gasteiger partial charge in [-0.1, -0.05) is 11.6 Å². The van der Waals surface area contributed by atoms with E-state index in [9.17, 15) is 0 Å². The molecule has 3 aliphatic rings. The maximum atomic E-state index is 6.41. The van der Waals surface area contributed by atoms with E-state index in [2.05, 4.69) is 17.1 Å². The topological polar surface area (TPSA) is 40.5 Å². The zero-order chi connectivity index (χ0) is 15.0. The Morgan fingerprint density at radius 2 is 2.05 bits per heavy atom. The van der Waals surface area contributed by atoms with E-state index in [0.29, 0.717) is 6.67 Å². The molecule has 1 N–H and O–H groups in total. The summed E-state index contributed by atoms with van der Waals surface area (Å²) in [6, 6.07) is 0. The number of pyridine rings is 1. The fraction of sp³-hybridized carbons (Fsp3) is 0.500. The lowest BCUT2D eigenvalue weighted by Gasteiger charge is -2.25. The molecule has 1 saturated heterocycles. The fourth-order valence-electron chi connectivity index (χ4n) is 3.83. The largest absolute Gasteiger partial charge is 0.357 e. The minimum absolute atomic E-state index is 0.644. The van der Waals surface area contributed by atoms with E-state index in [-0.39, 0.29) is 0 Å². The van der Waals surface area contributed by atoms with Crippen molar-refractivity contribution in [1.82, 2.24) is 15.2 Å². The van der Waals surface area contributed by atoms with Crippen LogP contribution in [0, 0.1) is 25.7 Å². The van der Waals surface area contributed by atoms with Crippen molar-refractivity contribution in [2.24, 2.45) is 16.8 Å². The summed E-state index contributed by atoms with van der Waals surface area (Å²) in [7, 11) is 0. The van der Waals surface area contributed by atoms with Gasteiger partial charge in [0.25, 0.3) is 0 Å². The van der Waals surface area contributed by atoms with Crippen LogP contribution in [0.1, 0.15) is 17.7 Å². The van der Waals surface area contributed by atoms with Gasteiger partial charge in [-0.25, -0.2) is 4.98 Å². The number of hydrogen-bond acceptors (Lipinski definition) is 5. The monoisotopic (exact) mass is 332 g/mol. The molecular formula is C16H17ClN4S. The fourth-order valence-corrected chi connectivity index (χ4v) is 5.26. The van der Waals surface area contributed by atoms with E-state index < -0.39 is 0 Å². The number of likely N-dealkylation sites (tertiary alicyclic amines) is 1. The van der Waals surface area contributed by atoms with E-state index in [0.717, 1.165) is 43.7 Å². The van der Waals surface area contributed by atoms with Crippen molar-refractivity contribution in [1.29, 1.82) is 0 Å². The Labute approximate surface area is 137 Å². The average Bonchev–Trinajstić information content (AvgIpc) is 2.94. The molecule has 2 aromatic heterocycles. The first-order chi connectivity index (χ1) is 10.6. The standard InChI is InChI=1S/C16H17ClN4S/c1-7-11-13-14(22-16(11)20-8(2)12(7)17)15(19-6-18-13)21-4-9-3-10(9)5-21/h9-10,19H,3-6H2,1-2H3. The highest BCUT2D eigenvalue weighted by Gasteiger charge is 2.46. The van der Waals surface area contributed by atoms with Gasteiger partial charge in [-0.3, -0.25) is 4.99 Å². The minimum atomic E-state index is 0.644. The summed E-state index contributed by atoms with van der Waals surface area (Å²) < 4.78 is 1.24. The number of aryl methyl sites for hydroxylation is 2. The van der Waals surface area contributed by atoms with Crippen molar-refractivity contribution in [2.45, 2.75) is 20.3 Å². The van der Waals surface area contributed by atoms with E-state index in [1.165, 1.54) is 29.9 Å². The molecule has 2 aromatic rings. The number of halogens is 1. The predicted octanol–water partition coefficient (Wildman–Crippen LogP) is 1.76. The summed E-state index contributed by atoms with van der Waals surface area (Å²) >= 11 is 8.16. The molecule has 0 amide bonds. The van der Waals surface area contributed by atoms with E-state index in [1.54, 1.807) is 11.3 Å². The SMILES string of the molecule is Cc1nc2sc3c(c2c(C)c1Cl)=NCNC=3N1CC2CC2C1. The molecule has 114 valence electrons. The molecule has 2 aliphatic heterocycles. The minimum Gasteiger partial charge on any atom is -0.357 e. The van der Waals surface area contributed by atoms with Crippen LogP contribution in [0.4, 0.5) is 0 Å². The van der Waals surface area contributed by atoms with Gasteiger partial charge in [0.2, 0.25) is 0 Å². The molecule has 4 nitrogen and oxygen atoms in total. The Morgan fingerprint density at radius 3 is 2.82 bits per heavy atom. The van der Waals surface area contributed by atoms with Gasteiger partial charge in [-0.05, 0) is 37.7 Å². The second kappa shape index (κ2) is 4.36. The van der Waals surface area contributed by atoms with E-state index in [1.807, 2.05) is 6.92 Å². The third-order valence-corrected chi connectivity index (χ3v) is 6.79. The summed E-state index contributed by atoms with van der Waals surface area (Å²) in [6.45, 7) is 7.07. The van der Waals surface area contributed by atoms with Crippen LogP contribution in [-0.4, -0.2) is 29.6 Å². The van der Waals surface area contributed by atoms with Crippen molar-refractivity contribution < 1.29 is 0 Å². The number of nitrogens with zero attached hydrogens (tertiary/aromatic N) is 3. The Kier molecular flexibility index (Phi) is 2.60. The van der Waals surface area contributed by atoms with E-state index in [4.69, 9.17) is 21.6 Å².